The summed E-state index contributed by atoms with van der Waals surface area (Å²) in [5, 5.41) is 10.8. The second-order valence-electron chi connectivity index (χ2n) is 18.1. The Bertz CT molecular complexity index is 934. The van der Waals surface area contributed by atoms with Crippen molar-refractivity contribution < 1.29 is 9.84 Å². The van der Waals surface area contributed by atoms with Gasteiger partial charge >= 0.3 is 0 Å². The molecule has 2 nitrogen and oxygen atoms in total. The molecule has 0 aliphatic heterocycles. The number of hydrogen-bond donors (Lipinski definition) is 1. The minimum absolute atomic E-state index is 0.209. The Balaban J connectivity index is 1.12. The van der Waals surface area contributed by atoms with E-state index < -0.39 is 6.29 Å². The van der Waals surface area contributed by atoms with Gasteiger partial charge in [0.2, 0.25) is 0 Å². The average Bonchev–Trinajstić information content (AvgIpc) is 3.40. The quantitative estimate of drug-likeness (QED) is 0.0716. The molecule has 272 valence electrons. The van der Waals surface area contributed by atoms with Crippen molar-refractivity contribution in [2.75, 3.05) is 0 Å². The summed E-state index contributed by atoms with van der Waals surface area (Å²) in [5.41, 5.74) is 2.61. The molecule has 2 heteroatoms. The lowest BCUT2D eigenvalue weighted by Gasteiger charge is -2.58. The summed E-state index contributed by atoms with van der Waals surface area (Å²) in [6.45, 7) is 15.0. The van der Waals surface area contributed by atoms with Gasteiger partial charge in [-0.25, -0.2) is 0 Å². The third kappa shape index (κ3) is 10.9. The summed E-state index contributed by atoms with van der Waals surface area (Å²) in [6.07, 6.45) is 39.8. The van der Waals surface area contributed by atoms with Crippen LogP contribution < -0.4 is 0 Å². The van der Waals surface area contributed by atoms with Crippen LogP contribution >= 0.6 is 0 Å². The van der Waals surface area contributed by atoms with Crippen LogP contribution in [0.4, 0.5) is 0 Å². The highest BCUT2D eigenvalue weighted by Gasteiger charge is 2.59. The second-order valence-corrected chi connectivity index (χ2v) is 18.1. The van der Waals surface area contributed by atoms with Crippen molar-refractivity contribution in [3.8, 4) is 0 Å². The lowest BCUT2D eigenvalue weighted by atomic mass is 9.47. The molecule has 4 aliphatic carbocycles. The van der Waals surface area contributed by atoms with Gasteiger partial charge in [0.05, 0.1) is 6.10 Å². The van der Waals surface area contributed by atoms with Gasteiger partial charge in [-0.05, 0) is 136 Å². The molecule has 4 aliphatic rings. The van der Waals surface area contributed by atoms with Crippen LogP contribution in [-0.2, 0) is 4.74 Å². The van der Waals surface area contributed by atoms with Crippen molar-refractivity contribution in [1.82, 2.24) is 0 Å². The van der Waals surface area contributed by atoms with Crippen LogP contribution in [0.2, 0.25) is 0 Å². The molecule has 5 unspecified atom stereocenters. The van der Waals surface area contributed by atoms with Crippen LogP contribution in [0.25, 0.3) is 0 Å². The number of fused-ring (bicyclic) bond motifs is 5. The Morgan fingerprint density at radius 3 is 2.15 bits per heavy atom. The zero-order valence-corrected chi connectivity index (χ0v) is 32.4. The van der Waals surface area contributed by atoms with E-state index in [4.69, 9.17) is 4.74 Å². The number of allylic oxidation sites excluding steroid dienone is 3. The molecule has 0 aromatic carbocycles. The summed E-state index contributed by atoms with van der Waals surface area (Å²) in [6, 6.07) is 0. The van der Waals surface area contributed by atoms with Gasteiger partial charge in [0.25, 0.3) is 0 Å². The van der Waals surface area contributed by atoms with Gasteiger partial charge in [0.1, 0.15) is 0 Å². The SMILES string of the molecule is CCCCCCCC/C=C\CCCCCCCC(O)OC1CC[C@@]2(C)C(=CCC3C2CC[C@@]2(C)C3CC[C@@H]2[C@H](C)CCCC(C)C)C1. The summed E-state index contributed by atoms with van der Waals surface area (Å²) in [7, 11) is 0. The molecule has 3 saturated carbocycles. The predicted octanol–water partition coefficient (Wildman–Crippen LogP) is 13.8. The van der Waals surface area contributed by atoms with E-state index in [0.29, 0.717) is 10.8 Å². The molecule has 0 bridgehead atoms. The minimum Gasteiger partial charge on any atom is -0.368 e. The first-order chi connectivity index (χ1) is 22.7. The first kappa shape index (κ1) is 39.2. The highest BCUT2D eigenvalue weighted by Crippen LogP contribution is 2.67. The van der Waals surface area contributed by atoms with Crippen molar-refractivity contribution in [2.24, 2.45) is 46.3 Å². The summed E-state index contributed by atoms with van der Waals surface area (Å²) >= 11 is 0. The smallest absolute Gasteiger partial charge is 0.154 e. The molecule has 0 saturated heterocycles. The molecule has 3 fully saturated rings. The fourth-order valence-corrected chi connectivity index (χ4v) is 11.4. The molecule has 0 radical (unpaired) electrons. The molecule has 0 amide bonds. The molecular formula is C45H80O2. The van der Waals surface area contributed by atoms with Gasteiger partial charge in [-0.1, -0.05) is 136 Å². The van der Waals surface area contributed by atoms with E-state index in [2.05, 4.69) is 59.8 Å². The number of aliphatic hydroxyl groups excluding tert-OH is 1. The molecule has 1 N–H and O–H groups in total. The van der Waals surface area contributed by atoms with E-state index in [9.17, 15) is 5.11 Å². The van der Waals surface area contributed by atoms with Gasteiger partial charge in [0, 0.05) is 0 Å². The van der Waals surface area contributed by atoms with E-state index >= 15 is 0 Å². The van der Waals surface area contributed by atoms with Crippen molar-refractivity contribution in [3.05, 3.63) is 23.8 Å². The van der Waals surface area contributed by atoms with Crippen LogP contribution in [0.1, 0.15) is 202 Å². The molecule has 9 atom stereocenters. The Labute approximate surface area is 293 Å². The van der Waals surface area contributed by atoms with Gasteiger partial charge in [-0.3, -0.25) is 0 Å². The van der Waals surface area contributed by atoms with E-state index in [0.717, 1.165) is 61.2 Å². The molecular weight excluding hydrogens is 572 g/mol. The monoisotopic (exact) mass is 653 g/mol. The van der Waals surface area contributed by atoms with Gasteiger partial charge in [0.15, 0.2) is 6.29 Å². The molecule has 0 aromatic rings. The first-order valence-corrected chi connectivity index (χ1v) is 21.4. The standard InChI is InChI=1S/C45H80O2/c1-7-8-9-10-11-12-13-14-15-16-17-18-19-20-21-25-43(46)47-38-30-32-44(5)37(34-38)26-27-39-41-29-28-40(36(4)24-22-23-35(2)3)45(41,6)33-31-42(39)44/h14-15,26,35-36,38-43,46H,7-13,16-25,27-34H2,1-6H3/b15-14-/t36-,38?,39?,40-,41?,42?,43?,44+,45-/m1/s1. The van der Waals surface area contributed by atoms with Crippen molar-refractivity contribution in [1.29, 1.82) is 0 Å². The molecule has 47 heavy (non-hydrogen) atoms. The Morgan fingerprint density at radius 1 is 0.766 bits per heavy atom. The molecule has 4 rings (SSSR count). The maximum atomic E-state index is 10.8. The number of unbranched alkanes of at least 4 members (excludes halogenated alkanes) is 11. The minimum atomic E-state index is -0.584. The molecule has 0 heterocycles. The van der Waals surface area contributed by atoms with Crippen LogP contribution in [0.5, 0.6) is 0 Å². The Kier molecular flexibility index (Phi) is 16.4. The van der Waals surface area contributed by atoms with Crippen LogP contribution in [-0.4, -0.2) is 17.5 Å². The van der Waals surface area contributed by atoms with E-state index in [1.54, 1.807) is 5.57 Å². The third-order valence-electron chi connectivity index (χ3n) is 14.3. The van der Waals surface area contributed by atoms with E-state index in [1.807, 2.05) is 0 Å². The van der Waals surface area contributed by atoms with Crippen LogP contribution in [0, 0.1) is 46.3 Å². The highest BCUT2D eigenvalue weighted by molar-refractivity contribution is 5.25. The summed E-state index contributed by atoms with van der Waals surface area (Å²) < 4.78 is 6.32. The highest BCUT2D eigenvalue weighted by atomic mass is 16.6. The average molecular weight is 653 g/mol. The number of rotatable bonds is 22. The predicted molar refractivity (Wildman–Crippen MR) is 203 cm³/mol. The fourth-order valence-electron chi connectivity index (χ4n) is 11.4. The topological polar surface area (TPSA) is 29.5 Å². The van der Waals surface area contributed by atoms with Crippen molar-refractivity contribution in [2.45, 2.75) is 214 Å². The Hall–Kier alpha value is -0.600. The lowest BCUT2D eigenvalue weighted by Crippen LogP contribution is -2.51. The molecule has 0 spiro atoms. The maximum absolute atomic E-state index is 10.8. The zero-order chi connectivity index (χ0) is 33.7. The fraction of sp³-hybridized carbons (Fsp3) is 0.911. The Morgan fingerprint density at radius 2 is 1.45 bits per heavy atom. The van der Waals surface area contributed by atoms with Crippen molar-refractivity contribution in [3.63, 3.8) is 0 Å². The van der Waals surface area contributed by atoms with Crippen LogP contribution in [0.15, 0.2) is 23.8 Å². The number of aliphatic hydroxyl groups is 1. The van der Waals surface area contributed by atoms with E-state index in [-0.39, 0.29) is 6.10 Å². The lowest BCUT2D eigenvalue weighted by molar-refractivity contribution is -0.152. The normalized spacial score (nSPS) is 33.4. The van der Waals surface area contributed by atoms with Gasteiger partial charge in [-0.15, -0.1) is 0 Å². The molecule has 0 aromatic heterocycles. The maximum Gasteiger partial charge on any atom is 0.154 e. The largest absolute Gasteiger partial charge is 0.368 e. The van der Waals surface area contributed by atoms with Crippen LogP contribution in [0.3, 0.4) is 0 Å². The summed E-state index contributed by atoms with van der Waals surface area (Å²) in [5.74, 6) is 5.34. The van der Waals surface area contributed by atoms with Gasteiger partial charge < -0.3 is 9.84 Å². The third-order valence-corrected chi connectivity index (χ3v) is 14.3. The van der Waals surface area contributed by atoms with E-state index in [1.165, 1.54) is 135 Å². The number of hydrogen-bond acceptors (Lipinski definition) is 2. The number of ether oxygens (including phenoxy) is 1. The zero-order valence-electron chi connectivity index (χ0n) is 32.4. The van der Waals surface area contributed by atoms with Gasteiger partial charge in [-0.2, -0.15) is 0 Å². The second kappa shape index (κ2) is 19.7. The first-order valence-electron chi connectivity index (χ1n) is 21.4. The summed E-state index contributed by atoms with van der Waals surface area (Å²) in [4.78, 5) is 0. The van der Waals surface area contributed by atoms with Crippen molar-refractivity contribution >= 4 is 0 Å².